The first-order chi connectivity index (χ1) is 11.9. The van der Waals surface area contributed by atoms with Gasteiger partial charge >= 0.3 is 7.60 Å². The Morgan fingerprint density at radius 2 is 1.58 bits per heavy atom. The van der Waals surface area contributed by atoms with Crippen LogP contribution in [0.2, 0.25) is 0 Å². The second-order valence-electron chi connectivity index (χ2n) is 6.44. The van der Waals surface area contributed by atoms with Crippen LogP contribution in [0, 0.1) is 5.92 Å². The summed E-state index contributed by atoms with van der Waals surface area (Å²) in [5.74, 6) is -3.13. The average Bonchev–Trinajstić information content (AvgIpc) is 2.50. The summed E-state index contributed by atoms with van der Waals surface area (Å²) in [5, 5.41) is 10.1. The highest BCUT2D eigenvalue weighted by molar-refractivity contribution is 7.52. The van der Waals surface area contributed by atoms with Crippen LogP contribution in [-0.2, 0) is 18.9 Å². The molecule has 0 bridgehead atoms. The molecule has 0 rings (SSSR count). The van der Waals surface area contributed by atoms with Crippen molar-refractivity contribution in [2.24, 2.45) is 5.92 Å². The molecule has 0 radical (unpaired) electrons. The van der Waals surface area contributed by atoms with Gasteiger partial charge in [-0.2, -0.15) is 0 Å². The fraction of sp³-hybridized carbons (Fsp3) is 0.800. The summed E-state index contributed by atoms with van der Waals surface area (Å²) >= 11 is 0. The molecule has 0 aromatic rings. The van der Waals surface area contributed by atoms with Crippen molar-refractivity contribution in [3.05, 3.63) is 0 Å². The van der Waals surface area contributed by atoms with Crippen molar-refractivity contribution in [1.29, 1.82) is 0 Å². The van der Waals surface area contributed by atoms with Gasteiger partial charge in [0.25, 0.3) is 0 Å². The van der Waals surface area contributed by atoms with E-state index in [0.717, 1.165) is 0 Å². The van der Waals surface area contributed by atoms with Crippen LogP contribution in [0.15, 0.2) is 0 Å². The van der Waals surface area contributed by atoms with Gasteiger partial charge in [0.15, 0.2) is 0 Å². The Hall–Kier alpha value is -1.48. The number of amides is 3. The quantitative estimate of drug-likeness (QED) is 0.252. The minimum absolute atomic E-state index is 0.0508. The maximum atomic E-state index is 12.5. The number of rotatable bonds is 11. The first-order valence-electron chi connectivity index (χ1n) is 8.53. The van der Waals surface area contributed by atoms with Gasteiger partial charge in [0.2, 0.25) is 17.7 Å². The largest absolute Gasteiger partial charge is 0.347 e. The van der Waals surface area contributed by atoms with E-state index in [1.165, 1.54) is 6.92 Å². The highest BCUT2D eigenvalue weighted by atomic mass is 31.2. The second-order valence-corrected chi connectivity index (χ2v) is 8.40. The summed E-state index contributed by atoms with van der Waals surface area (Å²) in [5.41, 5.74) is 0. The van der Waals surface area contributed by atoms with Crippen molar-refractivity contribution in [1.82, 2.24) is 21.3 Å². The fourth-order valence-electron chi connectivity index (χ4n) is 2.13. The van der Waals surface area contributed by atoms with Gasteiger partial charge in [0, 0.05) is 0 Å². The van der Waals surface area contributed by atoms with Crippen LogP contribution < -0.4 is 21.3 Å². The lowest BCUT2D eigenvalue weighted by molar-refractivity contribution is -0.133. The minimum Gasteiger partial charge on any atom is -0.343 e. The molecular weight excluding hydrogens is 363 g/mol. The van der Waals surface area contributed by atoms with E-state index in [4.69, 9.17) is 9.79 Å². The minimum atomic E-state index is -4.47. The van der Waals surface area contributed by atoms with Crippen LogP contribution >= 0.6 is 7.60 Å². The molecule has 3 atom stereocenters. The lowest BCUT2D eigenvalue weighted by atomic mass is 10.0. The fourth-order valence-corrected chi connectivity index (χ4v) is 2.42. The normalized spacial score (nSPS) is 15.1. The Morgan fingerprint density at radius 3 is 2.00 bits per heavy atom. The molecule has 0 fully saturated rings. The third kappa shape index (κ3) is 8.75. The summed E-state index contributed by atoms with van der Waals surface area (Å²) < 4.78 is 11.2. The number of carbonyl (C=O) groups is 3. The molecule has 11 heteroatoms. The molecule has 152 valence electrons. The molecule has 3 amide bonds. The molecule has 0 aliphatic heterocycles. The van der Waals surface area contributed by atoms with E-state index in [-0.39, 0.29) is 18.4 Å². The predicted octanol–water partition coefficient (Wildman–Crippen LogP) is -0.729. The van der Waals surface area contributed by atoms with E-state index in [9.17, 15) is 18.9 Å². The number of hydrogen-bond donors (Lipinski definition) is 6. The van der Waals surface area contributed by atoms with Gasteiger partial charge in [-0.1, -0.05) is 27.2 Å². The second kappa shape index (κ2) is 11.3. The molecule has 0 aliphatic rings. The van der Waals surface area contributed by atoms with Gasteiger partial charge in [-0.3, -0.25) is 18.9 Å². The molecule has 0 unspecified atom stereocenters. The molecule has 0 aromatic heterocycles. The molecular formula is C15H31N4O6P. The highest BCUT2D eigenvalue weighted by Gasteiger charge is 2.31. The van der Waals surface area contributed by atoms with Crippen LogP contribution in [0.1, 0.15) is 40.5 Å². The Labute approximate surface area is 154 Å². The monoisotopic (exact) mass is 394 g/mol. The Kier molecular flexibility index (Phi) is 10.6. The van der Waals surface area contributed by atoms with E-state index in [0.29, 0.717) is 12.8 Å². The van der Waals surface area contributed by atoms with Gasteiger partial charge in [-0.05, 0) is 26.3 Å². The molecule has 0 aromatic carbocycles. The standard InChI is InChI=1S/C15H31N4O6P/c1-6-7-11(14(21)17-10(4)26(23,24)25)18-15(22)13(9(2)3)19-12(20)8-16-5/h9-11,13,16H,6-8H2,1-5H3,(H,17,21)(H,18,22)(H,19,20)(H2,23,24,25)/t10-,11+,13+/m1/s1. The number of likely N-dealkylation sites (N-methyl/N-ethyl adjacent to an activating group) is 1. The summed E-state index contributed by atoms with van der Waals surface area (Å²) in [7, 11) is -2.87. The molecule has 0 heterocycles. The first-order valence-corrected chi connectivity index (χ1v) is 10.2. The lowest BCUT2D eigenvalue weighted by Gasteiger charge is -2.26. The van der Waals surface area contributed by atoms with Crippen LogP contribution in [0.4, 0.5) is 0 Å². The maximum Gasteiger partial charge on any atom is 0.347 e. The van der Waals surface area contributed by atoms with Gasteiger partial charge in [0.1, 0.15) is 17.9 Å². The van der Waals surface area contributed by atoms with Crippen LogP contribution in [0.5, 0.6) is 0 Å². The van der Waals surface area contributed by atoms with E-state index >= 15 is 0 Å². The van der Waals surface area contributed by atoms with Crippen molar-refractivity contribution in [3.8, 4) is 0 Å². The SMILES string of the molecule is CCC[C@H](NC(=O)[C@@H](NC(=O)CNC)C(C)C)C(=O)N[C@@H](C)P(=O)(O)O. The van der Waals surface area contributed by atoms with Crippen molar-refractivity contribution >= 4 is 25.3 Å². The van der Waals surface area contributed by atoms with E-state index in [2.05, 4.69) is 21.3 Å². The maximum absolute atomic E-state index is 12.5. The van der Waals surface area contributed by atoms with E-state index in [1.807, 2.05) is 6.92 Å². The zero-order valence-electron chi connectivity index (χ0n) is 15.9. The van der Waals surface area contributed by atoms with Crippen molar-refractivity contribution in [2.45, 2.75) is 58.4 Å². The zero-order chi connectivity index (χ0) is 20.5. The summed E-state index contributed by atoms with van der Waals surface area (Å²) in [4.78, 5) is 54.7. The number of nitrogens with one attached hydrogen (secondary N) is 4. The van der Waals surface area contributed by atoms with Crippen LogP contribution in [0.3, 0.4) is 0 Å². The van der Waals surface area contributed by atoms with Gasteiger partial charge < -0.3 is 31.1 Å². The smallest absolute Gasteiger partial charge is 0.343 e. The third-order valence-electron chi connectivity index (χ3n) is 3.67. The zero-order valence-corrected chi connectivity index (χ0v) is 16.8. The molecule has 0 saturated carbocycles. The van der Waals surface area contributed by atoms with Crippen molar-refractivity contribution in [2.75, 3.05) is 13.6 Å². The summed E-state index contributed by atoms with van der Waals surface area (Å²) in [6.07, 6.45) is 0.863. The van der Waals surface area contributed by atoms with E-state index in [1.54, 1.807) is 20.9 Å². The molecule has 0 spiro atoms. The third-order valence-corrected chi connectivity index (χ3v) is 4.81. The summed E-state index contributed by atoms with van der Waals surface area (Å²) in [6, 6.07) is -1.79. The number of carbonyl (C=O) groups excluding carboxylic acids is 3. The molecule has 6 N–H and O–H groups in total. The van der Waals surface area contributed by atoms with E-state index < -0.39 is 37.3 Å². The number of hydrogen-bond acceptors (Lipinski definition) is 5. The predicted molar refractivity (Wildman–Crippen MR) is 97.2 cm³/mol. The first kappa shape index (κ1) is 24.5. The van der Waals surface area contributed by atoms with Crippen molar-refractivity contribution < 1.29 is 28.7 Å². The summed E-state index contributed by atoms with van der Waals surface area (Å²) in [6.45, 7) is 6.57. The topological polar surface area (TPSA) is 157 Å². The van der Waals surface area contributed by atoms with Gasteiger partial charge in [-0.25, -0.2) is 0 Å². The van der Waals surface area contributed by atoms with Crippen LogP contribution in [0.25, 0.3) is 0 Å². The van der Waals surface area contributed by atoms with Gasteiger partial charge in [-0.15, -0.1) is 0 Å². The van der Waals surface area contributed by atoms with Crippen LogP contribution in [-0.4, -0.2) is 59.0 Å². The lowest BCUT2D eigenvalue weighted by Crippen LogP contribution is -2.56. The molecule has 0 aliphatic carbocycles. The Bertz CT molecular complexity index is 536. The molecule has 26 heavy (non-hydrogen) atoms. The highest BCUT2D eigenvalue weighted by Crippen LogP contribution is 2.39. The van der Waals surface area contributed by atoms with Crippen molar-refractivity contribution in [3.63, 3.8) is 0 Å². The van der Waals surface area contributed by atoms with Gasteiger partial charge in [0.05, 0.1) is 6.54 Å². The molecule has 10 nitrogen and oxygen atoms in total. The Balaban J connectivity index is 5.09. The molecule has 0 saturated heterocycles. The average molecular weight is 394 g/mol. The Morgan fingerprint density at radius 1 is 1.00 bits per heavy atom.